The van der Waals surface area contributed by atoms with Crippen LogP contribution >= 0.6 is 0 Å². The number of hydrazone groups is 1. The molecule has 32 heavy (non-hydrogen) atoms. The van der Waals surface area contributed by atoms with Gasteiger partial charge in [-0.3, -0.25) is 15.2 Å². The fourth-order valence-electron chi connectivity index (χ4n) is 3.11. The molecule has 0 fully saturated rings. The third-order valence-corrected chi connectivity index (χ3v) is 4.66. The largest absolute Gasteiger partial charge is 0.340 e. The monoisotopic (exact) mass is 423 g/mol. The molecule has 0 aliphatic carbocycles. The van der Waals surface area contributed by atoms with Crippen molar-refractivity contribution in [2.24, 2.45) is 5.10 Å². The van der Waals surface area contributed by atoms with E-state index in [1.54, 1.807) is 55.0 Å². The zero-order valence-corrected chi connectivity index (χ0v) is 17.4. The van der Waals surface area contributed by atoms with Crippen LogP contribution in [0, 0.1) is 6.92 Å². The van der Waals surface area contributed by atoms with Gasteiger partial charge in [0.25, 0.3) is 5.91 Å². The lowest BCUT2D eigenvalue weighted by molar-refractivity contribution is 0.102. The minimum absolute atomic E-state index is 0.229. The Morgan fingerprint density at radius 3 is 2.69 bits per heavy atom. The number of rotatable bonds is 7. The number of amides is 1. The number of carbonyl (C=O) groups is 1. The molecule has 0 spiro atoms. The van der Waals surface area contributed by atoms with Crippen molar-refractivity contribution in [2.45, 2.75) is 6.92 Å². The van der Waals surface area contributed by atoms with Crippen molar-refractivity contribution in [3.63, 3.8) is 0 Å². The molecule has 8 nitrogen and oxygen atoms in total. The summed E-state index contributed by atoms with van der Waals surface area (Å²) in [6, 6.07) is 18.3. The Hall–Kier alpha value is -4.59. The highest BCUT2D eigenvalue weighted by Crippen LogP contribution is 2.24. The molecule has 0 radical (unpaired) electrons. The summed E-state index contributed by atoms with van der Waals surface area (Å²) in [5.41, 5.74) is 7.50. The van der Waals surface area contributed by atoms with Crippen molar-refractivity contribution in [3.05, 3.63) is 90.4 Å². The van der Waals surface area contributed by atoms with Gasteiger partial charge in [-0.05, 0) is 61.0 Å². The van der Waals surface area contributed by atoms with E-state index in [2.05, 4.69) is 42.8 Å². The predicted molar refractivity (Wildman–Crippen MR) is 127 cm³/mol. The molecular formula is C24H21N7O. The van der Waals surface area contributed by atoms with Crippen LogP contribution in [0.5, 0.6) is 0 Å². The number of pyridine rings is 1. The molecule has 3 N–H and O–H groups in total. The summed E-state index contributed by atoms with van der Waals surface area (Å²) in [5.74, 6) is 0.923. The Balaban J connectivity index is 1.53. The quantitative estimate of drug-likeness (QED) is 0.289. The summed E-state index contributed by atoms with van der Waals surface area (Å²) >= 11 is 0. The number of hydrogen-bond donors (Lipinski definition) is 3. The van der Waals surface area contributed by atoms with Crippen LogP contribution in [0.3, 0.4) is 0 Å². The Bertz CT molecular complexity index is 1260. The summed E-state index contributed by atoms with van der Waals surface area (Å²) in [7, 11) is 0. The number of hydrogen-bond acceptors (Lipinski definition) is 7. The third kappa shape index (κ3) is 4.93. The molecule has 0 aliphatic rings. The summed E-state index contributed by atoms with van der Waals surface area (Å²) in [6.07, 6.45) is 4.93. The zero-order chi connectivity index (χ0) is 22.3. The second-order valence-electron chi connectivity index (χ2n) is 6.97. The first kappa shape index (κ1) is 20.7. The maximum Gasteiger partial charge on any atom is 0.255 e. The maximum atomic E-state index is 12.6. The molecule has 4 aromatic rings. The SMILES string of the molecule is C=NNc1ccc(Nc2ccnc(-c3cccc(C(=O)Nc4cccnc4)c3)n2)cc1C. The molecular weight excluding hydrogens is 402 g/mol. The highest BCUT2D eigenvalue weighted by atomic mass is 16.1. The molecule has 0 saturated heterocycles. The van der Waals surface area contributed by atoms with Gasteiger partial charge in [-0.2, -0.15) is 5.10 Å². The number of aromatic nitrogens is 3. The summed E-state index contributed by atoms with van der Waals surface area (Å²) in [5, 5.41) is 9.81. The van der Waals surface area contributed by atoms with Gasteiger partial charge in [0, 0.05) is 35.9 Å². The second kappa shape index (κ2) is 9.48. The van der Waals surface area contributed by atoms with Gasteiger partial charge >= 0.3 is 0 Å². The number of nitrogens with zero attached hydrogens (tertiary/aromatic N) is 4. The summed E-state index contributed by atoms with van der Waals surface area (Å²) in [6.45, 7) is 5.42. The second-order valence-corrected chi connectivity index (χ2v) is 6.97. The standard InChI is InChI=1S/C24H21N7O/c1-16-13-19(8-9-21(16)31-25-2)28-22-10-12-27-23(30-22)17-5-3-6-18(14-17)24(32)29-20-7-4-11-26-15-20/h3-15,31H,2H2,1H3,(H,29,32)(H,27,28,30). The van der Waals surface area contributed by atoms with Crippen LogP contribution in [0.1, 0.15) is 15.9 Å². The van der Waals surface area contributed by atoms with Gasteiger partial charge < -0.3 is 10.6 Å². The first-order chi connectivity index (χ1) is 15.6. The van der Waals surface area contributed by atoms with Crippen LogP contribution in [0.15, 0.2) is 84.4 Å². The summed E-state index contributed by atoms with van der Waals surface area (Å²) in [4.78, 5) is 25.6. The number of anilines is 4. The van der Waals surface area contributed by atoms with E-state index >= 15 is 0 Å². The van der Waals surface area contributed by atoms with Gasteiger partial charge in [-0.15, -0.1) is 0 Å². The van der Waals surface area contributed by atoms with Crippen molar-refractivity contribution in [2.75, 3.05) is 16.1 Å². The maximum absolute atomic E-state index is 12.6. The lowest BCUT2D eigenvalue weighted by atomic mass is 10.1. The van der Waals surface area contributed by atoms with E-state index in [4.69, 9.17) is 0 Å². The molecule has 8 heteroatoms. The molecule has 0 atom stereocenters. The Labute approximate surface area is 185 Å². The van der Waals surface area contributed by atoms with Gasteiger partial charge in [-0.25, -0.2) is 9.97 Å². The van der Waals surface area contributed by atoms with Crippen LogP contribution in [-0.4, -0.2) is 27.6 Å². The number of carbonyl (C=O) groups excluding carboxylic acids is 1. The fourth-order valence-corrected chi connectivity index (χ4v) is 3.11. The number of aryl methyl sites for hydroxylation is 1. The van der Waals surface area contributed by atoms with E-state index in [0.29, 0.717) is 22.9 Å². The molecule has 2 aromatic carbocycles. The first-order valence-electron chi connectivity index (χ1n) is 9.86. The van der Waals surface area contributed by atoms with E-state index in [1.807, 2.05) is 31.2 Å². The zero-order valence-electron chi connectivity index (χ0n) is 17.4. The molecule has 158 valence electrons. The lowest BCUT2D eigenvalue weighted by Gasteiger charge is -2.11. The van der Waals surface area contributed by atoms with Crippen molar-refractivity contribution >= 4 is 35.5 Å². The molecule has 0 aliphatic heterocycles. The minimum atomic E-state index is -0.229. The highest BCUT2D eigenvalue weighted by Gasteiger charge is 2.10. The first-order valence-corrected chi connectivity index (χ1v) is 9.86. The van der Waals surface area contributed by atoms with Crippen LogP contribution in [-0.2, 0) is 0 Å². The predicted octanol–water partition coefficient (Wildman–Crippen LogP) is 4.87. The molecule has 4 rings (SSSR count). The van der Waals surface area contributed by atoms with Crippen LogP contribution in [0.25, 0.3) is 11.4 Å². The van der Waals surface area contributed by atoms with Crippen LogP contribution < -0.4 is 16.1 Å². The van der Waals surface area contributed by atoms with Crippen molar-refractivity contribution in [1.29, 1.82) is 0 Å². The normalized spacial score (nSPS) is 10.3. The van der Waals surface area contributed by atoms with Crippen LogP contribution in [0.2, 0.25) is 0 Å². The van der Waals surface area contributed by atoms with E-state index in [-0.39, 0.29) is 5.91 Å². The van der Waals surface area contributed by atoms with Gasteiger partial charge in [0.1, 0.15) is 5.82 Å². The van der Waals surface area contributed by atoms with Gasteiger partial charge in [0.15, 0.2) is 5.82 Å². The van der Waals surface area contributed by atoms with Gasteiger partial charge in [0.05, 0.1) is 17.6 Å². The number of benzene rings is 2. The Morgan fingerprint density at radius 2 is 1.91 bits per heavy atom. The molecule has 0 saturated carbocycles. The number of nitrogens with one attached hydrogen (secondary N) is 3. The summed E-state index contributed by atoms with van der Waals surface area (Å²) < 4.78 is 0. The lowest BCUT2D eigenvalue weighted by Crippen LogP contribution is -2.12. The highest BCUT2D eigenvalue weighted by molar-refractivity contribution is 6.04. The minimum Gasteiger partial charge on any atom is -0.340 e. The van der Waals surface area contributed by atoms with Crippen molar-refractivity contribution < 1.29 is 4.79 Å². The van der Waals surface area contributed by atoms with E-state index < -0.39 is 0 Å². The Kier molecular flexibility index (Phi) is 6.12. The fraction of sp³-hybridized carbons (Fsp3) is 0.0417. The average Bonchev–Trinajstić information content (AvgIpc) is 2.82. The van der Waals surface area contributed by atoms with E-state index in [9.17, 15) is 4.79 Å². The van der Waals surface area contributed by atoms with Crippen molar-refractivity contribution in [1.82, 2.24) is 15.0 Å². The van der Waals surface area contributed by atoms with Gasteiger partial charge in [-0.1, -0.05) is 12.1 Å². The Morgan fingerprint density at radius 1 is 1.00 bits per heavy atom. The molecule has 2 aromatic heterocycles. The van der Waals surface area contributed by atoms with E-state index in [0.717, 1.165) is 22.5 Å². The van der Waals surface area contributed by atoms with Crippen LogP contribution in [0.4, 0.5) is 22.9 Å². The molecule has 1 amide bonds. The average molecular weight is 423 g/mol. The molecule has 2 heterocycles. The molecule has 0 bridgehead atoms. The third-order valence-electron chi connectivity index (χ3n) is 4.66. The van der Waals surface area contributed by atoms with Crippen molar-refractivity contribution in [3.8, 4) is 11.4 Å². The smallest absolute Gasteiger partial charge is 0.255 e. The van der Waals surface area contributed by atoms with E-state index in [1.165, 1.54) is 0 Å². The van der Waals surface area contributed by atoms with Gasteiger partial charge in [0.2, 0.25) is 0 Å². The topological polar surface area (TPSA) is 104 Å². The molecule has 0 unspecified atom stereocenters.